The maximum absolute atomic E-state index is 13.9. The molecule has 2 heterocycles. The number of benzene rings is 2. The fourth-order valence-electron chi connectivity index (χ4n) is 4.16. The molecule has 1 amide bonds. The van der Waals surface area contributed by atoms with Crippen molar-refractivity contribution in [3.63, 3.8) is 0 Å². The highest BCUT2D eigenvalue weighted by molar-refractivity contribution is 7.99. The first-order valence-corrected chi connectivity index (χ1v) is 12.6. The Bertz CT molecular complexity index is 1430. The van der Waals surface area contributed by atoms with Gasteiger partial charge in [0.25, 0.3) is 5.56 Å². The Morgan fingerprint density at radius 1 is 1.18 bits per heavy atom. The molecule has 2 aromatic carbocycles. The molecular formula is C25H22FN3O2S2. The molecule has 0 saturated carbocycles. The van der Waals surface area contributed by atoms with Crippen molar-refractivity contribution in [1.82, 2.24) is 9.55 Å². The van der Waals surface area contributed by atoms with Crippen molar-refractivity contribution in [3.05, 3.63) is 80.7 Å². The number of nitrogens with one attached hydrogen (secondary N) is 1. The smallest absolute Gasteiger partial charge is 0.267 e. The summed E-state index contributed by atoms with van der Waals surface area (Å²) in [5.41, 5.74) is 2.92. The van der Waals surface area contributed by atoms with Gasteiger partial charge in [0.15, 0.2) is 5.16 Å². The summed E-state index contributed by atoms with van der Waals surface area (Å²) in [7, 11) is 0. The van der Waals surface area contributed by atoms with E-state index in [2.05, 4.69) is 5.32 Å². The third kappa shape index (κ3) is 4.32. The van der Waals surface area contributed by atoms with E-state index in [1.807, 2.05) is 31.2 Å². The quantitative estimate of drug-likeness (QED) is 0.303. The summed E-state index contributed by atoms with van der Waals surface area (Å²) in [6.45, 7) is 1.97. The molecule has 0 fully saturated rings. The number of aromatic nitrogens is 2. The fourth-order valence-corrected chi connectivity index (χ4v) is 6.27. The van der Waals surface area contributed by atoms with Crippen LogP contribution in [0, 0.1) is 12.7 Å². The summed E-state index contributed by atoms with van der Waals surface area (Å²) in [4.78, 5) is 33.1. The van der Waals surface area contributed by atoms with E-state index in [1.165, 1.54) is 28.8 Å². The molecule has 1 aliphatic carbocycles. The maximum atomic E-state index is 13.9. The Kier molecular flexibility index (Phi) is 6.03. The molecule has 0 unspecified atom stereocenters. The van der Waals surface area contributed by atoms with Crippen LogP contribution in [0.5, 0.6) is 0 Å². The highest BCUT2D eigenvalue weighted by Crippen LogP contribution is 2.35. The molecule has 0 saturated heterocycles. The number of rotatable bonds is 5. The molecule has 1 N–H and O–H groups in total. The summed E-state index contributed by atoms with van der Waals surface area (Å²) >= 11 is 2.77. The first-order valence-electron chi connectivity index (χ1n) is 10.8. The molecule has 1 aliphatic rings. The Balaban J connectivity index is 1.54. The van der Waals surface area contributed by atoms with E-state index in [9.17, 15) is 14.0 Å². The predicted octanol–water partition coefficient (Wildman–Crippen LogP) is 5.50. The van der Waals surface area contributed by atoms with E-state index in [-0.39, 0.29) is 22.9 Å². The lowest BCUT2D eigenvalue weighted by molar-refractivity contribution is -0.113. The lowest BCUT2D eigenvalue weighted by atomic mass is 9.97. The second-order valence-electron chi connectivity index (χ2n) is 8.08. The highest BCUT2D eigenvalue weighted by atomic mass is 32.2. The van der Waals surface area contributed by atoms with Crippen molar-refractivity contribution in [2.24, 2.45) is 0 Å². The number of hydrogen-bond acceptors (Lipinski definition) is 5. The summed E-state index contributed by atoms with van der Waals surface area (Å²) in [5, 5.41) is 3.76. The van der Waals surface area contributed by atoms with Crippen LogP contribution in [0.2, 0.25) is 0 Å². The lowest BCUT2D eigenvalue weighted by Gasteiger charge is -2.14. The van der Waals surface area contributed by atoms with Crippen LogP contribution >= 0.6 is 23.1 Å². The molecule has 0 bridgehead atoms. The second-order valence-corrected chi connectivity index (χ2v) is 10.1. The largest absolute Gasteiger partial charge is 0.323 e. The first-order chi connectivity index (χ1) is 16.0. The number of nitrogens with zero attached hydrogens (tertiary/aromatic N) is 2. The number of hydrogen-bond donors (Lipinski definition) is 1. The van der Waals surface area contributed by atoms with Crippen LogP contribution in [0.3, 0.4) is 0 Å². The molecule has 0 spiro atoms. The first kappa shape index (κ1) is 21.9. The van der Waals surface area contributed by atoms with Crippen LogP contribution in [0.15, 0.2) is 58.5 Å². The van der Waals surface area contributed by atoms with Crippen molar-refractivity contribution < 1.29 is 9.18 Å². The molecule has 168 valence electrons. The number of thioether (sulfide) groups is 1. The zero-order valence-electron chi connectivity index (χ0n) is 18.1. The number of anilines is 1. The van der Waals surface area contributed by atoms with Crippen LogP contribution < -0.4 is 10.9 Å². The van der Waals surface area contributed by atoms with Crippen molar-refractivity contribution in [1.29, 1.82) is 0 Å². The zero-order chi connectivity index (χ0) is 22.9. The molecule has 5 rings (SSSR count). The van der Waals surface area contributed by atoms with Gasteiger partial charge >= 0.3 is 0 Å². The van der Waals surface area contributed by atoms with Gasteiger partial charge in [-0.2, -0.15) is 0 Å². The molecule has 2 aromatic heterocycles. The molecular weight excluding hydrogens is 457 g/mol. The Hall–Kier alpha value is -2.97. The third-order valence-corrected chi connectivity index (χ3v) is 7.82. The van der Waals surface area contributed by atoms with E-state index < -0.39 is 5.82 Å². The Labute approximate surface area is 198 Å². The minimum Gasteiger partial charge on any atom is -0.323 e. The number of fused-ring (bicyclic) bond motifs is 3. The van der Waals surface area contributed by atoms with Crippen molar-refractivity contribution in [3.8, 4) is 5.69 Å². The lowest BCUT2D eigenvalue weighted by Crippen LogP contribution is -2.23. The van der Waals surface area contributed by atoms with Gasteiger partial charge in [0.1, 0.15) is 10.6 Å². The summed E-state index contributed by atoms with van der Waals surface area (Å²) in [6.07, 6.45) is 4.09. The monoisotopic (exact) mass is 479 g/mol. The van der Waals surface area contributed by atoms with Crippen LogP contribution in [-0.4, -0.2) is 21.2 Å². The summed E-state index contributed by atoms with van der Waals surface area (Å²) in [6, 6.07) is 13.7. The topological polar surface area (TPSA) is 64.0 Å². The van der Waals surface area contributed by atoms with Gasteiger partial charge in [-0.25, -0.2) is 9.37 Å². The molecule has 5 nitrogen and oxygen atoms in total. The van der Waals surface area contributed by atoms with Crippen molar-refractivity contribution in [2.45, 2.75) is 37.8 Å². The fraction of sp³-hybridized carbons (Fsp3) is 0.240. The van der Waals surface area contributed by atoms with Crippen LogP contribution in [0.25, 0.3) is 15.9 Å². The minimum atomic E-state index is -0.490. The minimum absolute atomic E-state index is 0.00316. The van der Waals surface area contributed by atoms with Crippen molar-refractivity contribution >= 4 is 44.9 Å². The Morgan fingerprint density at radius 3 is 2.82 bits per heavy atom. The van der Waals surface area contributed by atoms with E-state index in [1.54, 1.807) is 28.0 Å². The molecule has 4 aromatic rings. The number of amides is 1. The van der Waals surface area contributed by atoms with Crippen LogP contribution in [0.4, 0.5) is 10.1 Å². The average molecular weight is 480 g/mol. The zero-order valence-corrected chi connectivity index (χ0v) is 19.7. The van der Waals surface area contributed by atoms with Gasteiger partial charge in [0, 0.05) is 4.88 Å². The molecule has 0 atom stereocenters. The van der Waals surface area contributed by atoms with Gasteiger partial charge in [-0.15, -0.1) is 11.3 Å². The van der Waals surface area contributed by atoms with Gasteiger partial charge in [-0.3, -0.25) is 14.2 Å². The van der Waals surface area contributed by atoms with Crippen LogP contribution in [0.1, 0.15) is 28.8 Å². The highest BCUT2D eigenvalue weighted by Gasteiger charge is 2.23. The molecule has 8 heteroatoms. The number of carbonyl (C=O) groups excluding carboxylic acids is 1. The maximum Gasteiger partial charge on any atom is 0.267 e. The molecule has 0 aliphatic heterocycles. The van der Waals surface area contributed by atoms with Gasteiger partial charge in [-0.1, -0.05) is 36.0 Å². The van der Waals surface area contributed by atoms with E-state index >= 15 is 0 Å². The van der Waals surface area contributed by atoms with Crippen LogP contribution in [-0.2, 0) is 17.6 Å². The van der Waals surface area contributed by atoms with E-state index in [0.717, 1.165) is 47.3 Å². The van der Waals surface area contributed by atoms with E-state index in [0.29, 0.717) is 10.5 Å². The van der Waals surface area contributed by atoms with Gasteiger partial charge in [-0.05, 0) is 68.0 Å². The van der Waals surface area contributed by atoms with Crippen molar-refractivity contribution in [2.75, 3.05) is 11.1 Å². The normalized spacial score (nSPS) is 13.2. The number of thiophene rings is 1. The Morgan fingerprint density at radius 2 is 2.00 bits per heavy atom. The van der Waals surface area contributed by atoms with Gasteiger partial charge in [0.2, 0.25) is 5.91 Å². The number of carbonyl (C=O) groups is 1. The number of para-hydroxylation sites is 1. The average Bonchev–Trinajstić information content (AvgIpc) is 3.18. The van der Waals surface area contributed by atoms with E-state index in [4.69, 9.17) is 4.98 Å². The third-order valence-electron chi connectivity index (χ3n) is 5.70. The van der Waals surface area contributed by atoms with Gasteiger partial charge in [0.05, 0.1) is 22.5 Å². The second kappa shape index (κ2) is 9.11. The number of halogens is 1. The predicted molar refractivity (Wildman–Crippen MR) is 132 cm³/mol. The number of aryl methyl sites for hydroxylation is 3. The SMILES string of the molecule is Cc1cccc(-n2c(SCC(=O)Nc3ccccc3F)nc3sc4c(c3c2=O)CCCC4)c1. The molecule has 0 radical (unpaired) electrons. The summed E-state index contributed by atoms with van der Waals surface area (Å²) < 4.78 is 15.5. The van der Waals surface area contributed by atoms with Gasteiger partial charge < -0.3 is 5.32 Å². The standard InChI is InChI=1S/C25H22FN3O2S2/c1-15-7-6-8-16(13-15)29-24(31)22-17-9-2-5-12-20(17)33-23(22)28-25(29)32-14-21(30)27-19-11-4-3-10-18(19)26/h3-4,6-8,10-11,13H,2,5,9,12,14H2,1H3,(H,27,30). The summed E-state index contributed by atoms with van der Waals surface area (Å²) in [5.74, 6) is -0.847. The molecule has 33 heavy (non-hydrogen) atoms.